The molecule has 0 unspecified atom stereocenters. The summed E-state index contributed by atoms with van der Waals surface area (Å²) in [5, 5.41) is 11.0. The van der Waals surface area contributed by atoms with Crippen LogP contribution in [0.4, 0.5) is 10.5 Å². The fourth-order valence-corrected chi connectivity index (χ4v) is 5.68. The number of aliphatic hydroxyl groups excluding tert-OH is 1. The highest BCUT2D eigenvalue weighted by Gasteiger charge is 2.32. The van der Waals surface area contributed by atoms with Gasteiger partial charge >= 0.3 is 6.09 Å². The predicted octanol–water partition coefficient (Wildman–Crippen LogP) is 5.73. The van der Waals surface area contributed by atoms with Crippen LogP contribution in [0.15, 0.2) is 42.5 Å². The van der Waals surface area contributed by atoms with Gasteiger partial charge in [-0.2, -0.15) is 0 Å². The summed E-state index contributed by atoms with van der Waals surface area (Å²) in [6.45, 7) is 2.06. The molecule has 1 aliphatic carbocycles. The number of anilines is 1. The fourth-order valence-electron chi connectivity index (χ4n) is 5.68. The van der Waals surface area contributed by atoms with E-state index < -0.39 is 6.10 Å². The van der Waals surface area contributed by atoms with Gasteiger partial charge in [0.2, 0.25) is 0 Å². The van der Waals surface area contributed by atoms with Gasteiger partial charge in [0.1, 0.15) is 5.82 Å². The number of aliphatic hydroxyl groups is 1. The van der Waals surface area contributed by atoms with Crippen molar-refractivity contribution in [1.82, 2.24) is 9.55 Å². The molecule has 2 aliphatic rings. The topological polar surface area (TPSA) is 67.6 Å². The van der Waals surface area contributed by atoms with E-state index in [0.717, 1.165) is 59.4 Å². The van der Waals surface area contributed by atoms with Crippen molar-refractivity contribution in [2.24, 2.45) is 0 Å². The molecule has 0 radical (unpaired) electrons. The molecule has 0 saturated heterocycles. The van der Waals surface area contributed by atoms with Crippen LogP contribution in [0.2, 0.25) is 0 Å². The van der Waals surface area contributed by atoms with Gasteiger partial charge in [-0.05, 0) is 50.3 Å². The standard InChI is InChI=1S/C27H33N3O3/c1-18-13-14-21-22(29(18)27(32)33-2)15-16-23-26(21)28-25(30(23)20-11-7-4-8-12-20)17-24(31)19-9-5-3-6-10-19/h3,5-6,9-10,15-16,18,20,24,31H,4,7-8,11-14,17H2,1-2H3/t18-,24+/m0/s1. The highest BCUT2D eigenvalue weighted by molar-refractivity contribution is 5.95. The Balaban J connectivity index is 1.62. The Labute approximate surface area is 195 Å². The summed E-state index contributed by atoms with van der Waals surface area (Å²) < 4.78 is 7.47. The molecule has 1 saturated carbocycles. The van der Waals surface area contributed by atoms with Gasteiger partial charge in [-0.3, -0.25) is 4.90 Å². The molecule has 1 amide bonds. The number of hydrogen-bond acceptors (Lipinski definition) is 4. The maximum absolute atomic E-state index is 12.5. The number of imidazole rings is 1. The lowest BCUT2D eigenvalue weighted by Gasteiger charge is -2.34. The van der Waals surface area contributed by atoms with Crippen molar-refractivity contribution in [2.45, 2.75) is 76.5 Å². The monoisotopic (exact) mass is 447 g/mol. The molecule has 1 aliphatic heterocycles. The van der Waals surface area contributed by atoms with Crippen molar-refractivity contribution in [1.29, 1.82) is 0 Å². The summed E-state index contributed by atoms with van der Waals surface area (Å²) in [6, 6.07) is 14.5. The smallest absolute Gasteiger partial charge is 0.414 e. The van der Waals surface area contributed by atoms with Gasteiger partial charge in [0.15, 0.2) is 0 Å². The molecule has 1 fully saturated rings. The number of ether oxygens (including phenoxy) is 1. The van der Waals surface area contributed by atoms with E-state index in [4.69, 9.17) is 9.72 Å². The number of carbonyl (C=O) groups excluding carboxylic acids is 1. The third-order valence-corrected chi connectivity index (χ3v) is 7.40. The quantitative estimate of drug-likeness (QED) is 0.555. The molecule has 1 aromatic heterocycles. The van der Waals surface area contributed by atoms with Gasteiger partial charge in [0.05, 0.1) is 29.9 Å². The zero-order valence-electron chi connectivity index (χ0n) is 19.5. The summed E-state index contributed by atoms with van der Waals surface area (Å²) in [7, 11) is 1.43. The van der Waals surface area contributed by atoms with Crippen molar-refractivity contribution in [3.8, 4) is 0 Å². The number of carbonyl (C=O) groups is 1. The molecule has 3 aromatic rings. The van der Waals surface area contributed by atoms with Gasteiger partial charge in [-0.1, -0.05) is 49.6 Å². The molecule has 1 N–H and O–H groups in total. The third kappa shape index (κ3) is 4.01. The molecule has 5 rings (SSSR count). The normalized spacial score (nSPS) is 20.0. The van der Waals surface area contributed by atoms with Crippen molar-refractivity contribution >= 4 is 22.8 Å². The van der Waals surface area contributed by atoms with Crippen molar-refractivity contribution in [3.63, 3.8) is 0 Å². The lowest BCUT2D eigenvalue weighted by molar-refractivity contribution is 0.173. The summed E-state index contributed by atoms with van der Waals surface area (Å²) in [4.78, 5) is 19.4. The number of nitrogens with zero attached hydrogens (tertiary/aromatic N) is 3. The van der Waals surface area contributed by atoms with Crippen molar-refractivity contribution in [3.05, 3.63) is 59.4 Å². The number of hydrogen-bond donors (Lipinski definition) is 1. The number of aryl methyl sites for hydroxylation is 1. The average molecular weight is 448 g/mol. The predicted molar refractivity (Wildman–Crippen MR) is 130 cm³/mol. The zero-order chi connectivity index (χ0) is 22.9. The number of fused-ring (bicyclic) bond motifs is 3. The van der Waals surface area contributed by atoms with Crippen LogP contribution in [-0.2, 0) is 17.6 Å². The average Bonchev–Trinajstić information content (AvgIpc) is 3.22. The SMILES string of the molecule is COC(=O)N1c2ccc3c(nc(C[C@@H](O)c4ccccc4)n3C3CCCCC3)c2CC[C@@H]1C. The van der Waals surface area contributed by atoms with E-state index in [2.05, 4.69) is 23.6 Å². The zero-order valence-corrected chi connectivity index (χ0v) is 19.5. The van der Waals surface area contributed by atoms with Gasteiger partial charge in [-0.15, -0.1) is 0 Å². The van der Waals surface area contributed by atoms with E-state index in [1.54, 1.807) is 4.90 Å². The minimum absolute atomic E-state index is 0.0854. The van der Waals surface area contributed by atoms with Crippen LogP contribution < -0.4 is 4.90 Å². The second-order valence-corrected chi connectivity index (χ2v) is 9.48. The molecule has 174 valence electrons. The second-order valence-electron chi connectivity index (χ2n) is 9.48. The molecule has 2 aromatic carbocycles. The molecule has 2 atom stereocenters. The maximum Gasteiger partial charge on any atom is 0.414 e. The van der Waals surface area contributed by atoms with E-state index in [9.17, 15) is 9.90 Å². The largest absolute Gasteiger partial charge is 0.452 e. The number of rotatable bonds is 4. The van der Waals surface area contributed by atoms with Crippen LogP contribution >= 0.6 is 0 Å². The van der Waals surface area contributed by atoms with Crippen LogP contribution in [0.25, 0.3) is 11.0 Å². The first-order chi connectivity index (χ1) is 16.1. The van der Waals surface area contributed by atoms with Crippen molar-refractivity contribution < 1.29 is 14.6 Å². The van der Waals surface area contributed by atoms with Crippen LogP contribution in [0.1, 0.15) is 74.5 Å². The van der Waals surface area contributed by atoms with E-state index in [-0.39, 0.29) is 12.1 Å². The van der Waals surface area contributed by atoms with Gasteiger partial charge < -0.3 is 14.4 Å². The lowest BCUT2D eigenvalue weighted by atomic mass is 9.94. The van der Waals surface area contributed by atoms with Gasteiger partial charge in [0, 0.05) is 24.1 Å². The van der Waals surface area contributed by atoms with Crippen LogP contribution in [0, 0.1) is 0 Å². The van der Waals surface area contributed by atoms with E-state index in [0.29, 0.717) is 12.5 Å². The number of aromatic nitrogens is 2. The summed E-state index contributed by atoms with van der Waals surface area (Å²) in [6.07, 6.45) is 7.32. The minimum Gasteiger partial charge on any atom is -0.452 e. The minimum atomic E-state index is -0.604. The lowest BCUT2D eigenvalue weighted by Crippen LogP contribution is -2.42. The Morgan fingerprint density at radius 3 is 2.61 bits per heavy atom. The van der Waals surface area contributed by atoms with E-state index in [1.165, 1.54) is 26.4 Å². The summed E-state index contributed by atoms with van der Waals surface area (Å²) in [5.41, 5.74) is 5.01. The number of amides is 1. The molecular weight excluding hydrogens is 414 g/mol. The molecular formula is C27H33N3O3. The summed E-state index contributed by atoms with van der Waals surface area (Å²) in [5.74, 6) is 0.935. The highest BCUT2D eigenvalue weighted by atomic mass is 16.5. The molecule has 6 nitrogen and oxygen atoms in total. The molecule has 33 heavy (non-hydrogen) atoms. The Morgan fingerprint density at radius 1 is 1.12 bits per heavy atom. The van der Waals surface area contributed by atoms with E-state index in [1.807, 2.05) is 30.3 Å². The highest BCUT2D eigenvalue weighted by Crippen LogP contribution is 2.40. The summed E-state index contributed by atoms with van der Waals surface area (Å²) >= 11 is 0. The Hall–Kier alpha value is -2.86. The Bertz CT molecular complexity index is 1130. The maximum atomic E-state index is 12.5. The van der Waals surface area contributed by atoms with Crippen LogP contribution in [0.3, 0.4) is 0 Å². The van der Waals surface area contributed by atoms with Gasteiger partial charge in [0.25, 0.3) is 0 Å². The Kier molecular flexibility index (Phi) is 6.11. The Morgan fingerprint density at radius 2 is 1.88 bits per heavy atom. The van der Waals surface area contributed by atoms with Crippen LogP contribution in [0.5, 0.6) is 0 Å². The molecule has 0 spiro atoms. The third-order valence-electron chi connectivity index (χ3n) is 7.40. The van der Waals surface area contributed by atoms with E-state index >= 15 is 0 Å². The first-order valence-electron chi connectivity index (χ1n) is 12.2. The first kappa shape index (κ1) is 22.0. The number of benzene rings is 2. The molecule has 2 heterocycles. The first-order valence-corrected chi connectivity index (χ1v) is 12.2. The molecule has 0 bridgehead atoms. The van der Waals surface area contributed by atoms with Crippen LogP contribution in [-0.4, -0.2) is 33.9 Å². The fraction of sp³-hybridized carbons (Fsp3) is 0.481. The van der Waals surface area contributed by atoms with Gasteiger partial charge in [-0.25, -0.2) is 9.78 Å². The van der Waals surface area contributed by atoms with Crippen molar-refractivity contribution in [2.75, 3.05) is 12.0 Å². The number of methoxy groups -OCH3 is 1. The molecule has 6 heteroatoms. The second kappa shape index (κ2) is 9.18.